The molecule has 0 amide bonds. The molecule has 3 aromatic rings. The van der Waals surface area contributed by atoms with Crippen molar-refractivity contribution in [3.63, 3.8) is 0 Å². The Kier molecular flexibility index (Phi) is 5.79. The van der Waals surface area contributed by atoms with Gasteiger partial charge in [-0.25, -0.2) is 17.5 Å². The van der Waals surface area contributed by atoms with Crippen molar-refractivity contribution >= 4 is 44.3 Å². The average Bonchev–Trinajstić information content (AvgIpc) is 3.01. The van der Waals surface area contributed by atoms with Crippen LogP contribution in [-0.4, -0.2) is 50.2 Å². The van der Waals surface area contributed by atoms with E-state index in [1.807, 2.05) is 18.2 Å². The molecule has 0 unspecified atom stereocenters. The molecule has 29 heavy (non-hydrogen) atoms. The molecule has 2 aromatic carbocycles. The Balaban J connectivity index is 1.82. The minimum atomic E-state index is -3.75. The fraction of sp³-hybridized carbons (Fsp3) is 0.200. The van der Waals surface area contributed by atoms with Crippen LogP contribution in [0, 0.1) is 6.92 Å². The number of carbonyl (C=O) groups excluding carboxylic acids is 2. The van der Waals surface area contributed by atoms with Crippen LogP contribution in [0.15, 0.2) is 47.4 Å². The molecular formula is C20H19ClN2O5S. The highest BCUT2D eigenvalue weighted by Crippen LogP contribution is 2.24. The smallest absolute Gasteiger partial charge is 0.340 e. The third-order valence-corrected chi connectivity index (χ3v) is 6.58. The molecule has 9 heteroatoms. The molecule has 3 rings (SSSR count). The maximum Gasteiger partial charge on any atom is 0.340 e. The number of fused-ring (bicyclic) bond motifs is 1. The number of hydrogen-bond acceptors (Lipinski definition) is 5. The molecule has 0 atom stereocenters. The van der Waals surface area contributed by atoms with Gasteiger partial charge in [-0.3, -0.25) is 4.79 Å². The molecule has 0 saturated carbocycles. The number of ketones is 1. The summed E-state index contributed by atoms with van der Waals surface area (Å²) in [6.45, 7) is 1.27. The molecule has 0 radical (unpaired) electrons. The first-order chi connectivity index (χ1) is 13.6. The van der Waals surface area contributed by atoms with E-state index in [1.54, 1.807) is 13.0 Å². The SMILES string of the molecule is Cc1[nH]c2ccccc2c1C(=O)COC(=O)c1cc(S(=O)(=O)N(C)C)ccc1Cl. The lowest BCUT2D eigenvalue weighted by Crippen LogP contribution is -2.22. The van der Waals surface area contributed by atoms with Gasteiger partial charge in [0.15, 0.2) is 6.61 Å². The van der Waals surface area contributed by atoms with Gasteiger partial charge in [0.2, 0.25) is 15.8 Å². The highest BCUT2D eigenvalue weighted by Gasteiger charge is 2.23. The summed E-state index contributed by atoms with van der Waals surface area (Å²) < 4.78 is 30.7. The number of ether oxygens (including phenoxy) is 1. The number of nitrogens with one attached hydrogen (secondary N) is 1. The van der Waals surface area contributed by atoms with E-state index < -0.39 is 22.6 Å². The molecular weight excluding hydrogens is 416 g/mol. The molecule has 1 aromatic heterocycles. The molecule has 0 aliphatic heterocycles. The Hall–Kier alpha value is -2.68. The van der Waals surface area contributed by atoms with Gasteiger partial charge in [0.25, 0.3) is 0 Å². The topological polar surface area (TPSA) is 96.5 Å². The van der Waals surface area contributed by atoms with Crippen LogP contribution in [0.2, 0.25) is 5.02 Å². The highest BCUT2D eigenvalue weighted by atomic mass is 35.5. The van der Waals surface area contributed by atoms with Crippen LogP contribution in [0.5, 0.6) is 0 Å². The standard InChI is InChI=1S/C20H19ClN2O5S/c1-12-19(14-6-4-5-7-17(14)22-12)18(24)11-28-20(25)15-10-13(8-9-16(15)21)29(26,27)23(2)3/h4-10,22H,11H2,1-3H3. The maximum absolute atomic E-state index is 12.6. The lowest BCUT2D eigenvalue weighted by atomic mass is 10.1. The Labute approximate surface area is 173 Å². The summed E-state index contributed by atoms with van der Waals surface area (Å²) in [6.07, 6.45) is 0. The fourth-order valence-electron chi connectivity index (χ4n) is 2.95. The number of H-pyrrole nitrogens is 1. The third kappa shape index (κ3) is 4.05. The van der Waals surface area contributed by atoms with Gasteiger partial charge in [-0.1, -0.05) is 29.8 Å². The van der Waals surface area contributed by atoms with Crippen molar-refractivity contribution in [2.75, 3.05) is 20.7 Å². The number of para-hydroxylation sites is 1. The Bertz CT molecular complexity index is 1210. The largest absolute Gasteiger partial charge is 0.454 e. The minimum absolute atomic E-state index is 0.0310. The number of halogens is 1. The van der Waals surface area contributed by atoms with Crippen molar-refractivity contribution < 1.29 is 22.7 Å². The normalized spacial score (nSPS) is 11.8. The predicted octanol–water partition coefficient (Wildman–Crippen LogP) is 3.42. The molecule has 0 spiro atoms. The molecule has 1 N–H and O–H groups in total. The van der Waals surface area contributed by atoms with Crippen molar-refractivity contribution in [1.82, 2.24) is 9.29 Å². The summed E-state index contributed by atoms with van der Waals surface area (Å²) in [5.41, 5.74) is 1.80. The van der Waals surface area contributed by atoms with Crippen molar-refractivity contribution in [2.45, 2.75) is 11.8 Å². The number of Topliss-reactive ketones (excluding diaryl/α,β-unsaturated/α-hetero) is 1. The predicted molar refractivity (Wildman–Crippen MR) is 110 cm³/mol. The van der Waals surface area contributed by atoms with E-state index in [0.29, 0.717) is 11.3 Å². The average molecular weight is 435 g/mol. The van der Waals surface area contributed by atoms with Crippen LogP contribution in [0.3, 0.4) is 0 Å². The Morgan fingerprint density at radius 1 is 1.14 bits per heavy atom. The molecule has 1 heterocycles. The zero-order valence-electron chi connectivity index (χ0n) is 16.0. The summed E-state index contributed by atoms with van der Waals surface area (Å²) in [7, 11) is -0.992. The first-order valence-corrected chi connectivity index (χ1v) is 10.4. The molecule has 152 valence electrons. The number of nitrogens with zero attached hydrogens (tertiary/aromatic N) is 1. The van der Waals surface area contributed by atoms with Gasteiger partial charge in [0, 0.05) is 36.3 Å². The van der Waals surface area contributed by atoms with Crippen LogP contribution < -0.4 is 0 Å². The zero-order valence-corrected chi connectivity index (χ0v) is 17.6. The van der Waals surface area contributed by atoms with Crippen LogP contribution in [0.1, 0.15) is 26.4 Å². The van der Waals surface area contributed by atoms with E-state index in [4.69, 9.17) is 16.3 Å². The first kappa shape index (κ1) is 21.0. The molecule has 0 aliphatic rings. The van der Waals surface area contributed by atoms with Gasteiger partial charge >= 0.3 is 5.97 Å². The number of aromatic amines is 1. The van der Waals surface area contributed by atoms with Gasteiger partial charge in [-0.05, 0) is 31.2 Å². The van der Waals surface area contributed by atoms with Crippen LogP contribution in [0.25, 0.3) is 10.9 Å². The molecule has 7 nitrogen and oxygen atoms in total. The monoisotopic (exact) mass is 434 g/mol. The second-order valence-corrected chi connectivity index (χ2v) is 9.16. The summed E-state index contributed by atoms with van der Waals surface area (Å²) in [4.78, 5) is 28.1. The number of benzene rings is 2. The fourth-order valence-corrected chi connectivity index (χ4v) is 4.07. The lowest BCUT2D eigenvalue weighted by Gasteiger charge is -2.13. The number of rotatable bonds is 6. The minimum Gasteiger partial charge on any atom is -0.454 e. The number of carbonyl (C=O) groups is 2. The lowest BCUT2D eigenvalue weighted by molar-refractivity contribution is 0.0475. The summed E-state index contributed by atoms with van der Waals surface area (Å²) in [6, 6.07) is 11.1. The molecule has 0 saturated heterocycles. The number of sulfonamides is 1. The van der Waals surface area contributed by atoms with Crippen LogP contribution in [-0.2, 0) is 14.8 Å². The van der Waals surface area contributed by atoms with E-state index in [0.717, 1.165) is 21.3 Å². The van der Waals surface area contributed by atoms with Gasteiger partial charge in [0.05, 0.1) is 15.5 Å². The zero-order chi connectivity index (χ0) is 21.3. The van der Waals surface area contributed by atoms with E-state index in [1.165, 1.54) is 26.2 Å². The second kappa shape index (κ2) is 7.98. The molecule has 0 fully saturated rings. The maximum atomic E-state index is 12.6. The number of hydrogen-bond donors (Lipinski definition) is 1. The highest BCUT2D eigenvalue weighted by molar-refractivity contribution is 7.89. The third-order valence-electron chi connectivity index (χ3n) is 4.44. The van der Waals surface area contributed by atoms with Crippen LogP contribution >= 0.6 is 11.6 Å². The van der Waals surface area contributed by atoms with Gasteiger partial charge < -0.3 is 9.72 Å². The van der Waals surface area contributed by atoms with E-state index >= 15 is 0 Å². The first-order valence-electron chi connectivity index (χ1n) is 8.62. The van der Waals surface area contributed by atoms with E-state index in [9.17, 15) is 18.0 Å². The quantitative estimate of drug-likeness (QED) is 0.473. The Morgan fingerprint density at radius 2 is 1.83 bits per heavy atom. The van der Waals surface area contributed by atoms with E-state index in [-0.39, 0.29) is 21.3 Å². The number of aryl methyl sites for hydroxylation is 1. The van der Waals surface area contributed by atoms with Crippen molar-refractivity contribution in [2.24, 2.45) is 0 Å². The summed E-state index contributed by atoms with van der Waals surface area (Å²) in [5, 5.41) is 0.770. The Morgan fingerprint density at radius 3 is 2.52 bits per heavy atom. The molecule has 0 aliphatic carbocycles. The summed E-state index contributed by atoms with van der Waals surface area (Å²) in [5.74, 6) is -1.25. The van der Waals surface area contributed by atoms with Crippen molar-refractivity contribution in [3.8, 4) is 0 Å². The van der Waals surface area contributed by atoms with Gasteiger partial charge in [0.1, 0.15) is 0 Å². The number of aromatic nitrogens is 1. The van der Waals surface area contributed by atoms with Gasteiger partial charge in [-0.15, -0.1) is 0 Å². The van der Waals surface area contributed by atoms with Crippen molar-refractivity contribution in [3.05, 3.63) is 64.3 Å². The van der Waals surface area contributed by atoms with E-state index in [2.05, 4.69) is 4.98 Å². The van der Waals surface area contributed by atoms with Crippen LogP contribution in [0.4, 0.5) is 0 Å². The van der Waals surface area contributed by atoms with Gasteiger partial charge in [-0.2, -0.15) is 0 Å². The summed E-state index contributed by atoms with van der Waals surface area (Å²) >= 11 is 6.04. The number of esters is 1. The molecule has 0 bridgehead atoms. The second-order valence-electron chi connectivity index (χ2n) is 6.60. The van der Waals surface area contributed by atoms with Crippen molar-refractivity contribution in [1.29, 1.82) is 0 Å².